The molecular formula is C17H22Cl2N2O. The molecule has 22 heavy (non-hydrogen) atoms. The van der Waals surface area contributed by atoms with Crippen LogP contribution in [0, 0.1) is 0 Å². The fourth-order valence-electron chi connectivity index (χ4n) is 4.08. The largest absolute Gasteiger partial charge is 0.335 e. The van der Waals surface area contributed by atoms with Crippen LogP contribution in [0.2, 0.25) is 5.02 Å². The molecule has 3 fully saturated rings. The molecule has 0 aromatic heterocycles. The lowest BCUT2D eigenvalue weighted by molar-refractivity contribution is -0.136. The Bertz CT molecular complexity index is 542. The van der Waals surface area contributed by atoms with Crippen LogP contribution in [-0.4, -0.2) is 36.0 Å². The summed E-state index contributed by atoms with van der Waals surface area (Å²) in [6.45, 7) is 2.00. The zero-order valence-electron chi connectivity index (χ0n) is 12.6. The summed E-state index contributed by atoms with van der Waals surface area (Å²) >= 11 is 5.98. The maximum atomic E-state index is 13.2. The van der Waals surface area contributed by atoms with E-state index in [0.29, 0.717) is 18.0 Å². The molecule has 1 amide bonds. The summed E-state index contributed by atoms with van der Waals surface area (Å²) in [7, 11) is 0. The fourth-order valence-corrected chi connectivity index (χ4v) is 4.21. The highest BCUT2D eigenvalue weighted by atomic mass is 35.5. The third kappa shape index (κ3) is 2.53. The van der Waals surface area contributed by atoms with E-state index >= 15 is 0 Å². The number of rotatable bonds is 2. The Kier molecular flexibility index (Phi) is 4.41. The normalized spacial score (nSPS) is 28.7. The van der Waals surface area contributed by atoms with Gasteiger partial charge < -0.3 is 10.2 Å². The van der Waals surface area contributed by atoms with E-state index in [1.807, 2.05) is 24.3 Å². The average molecular weight is 341 g/mol. The smallest absolute Gasteiger partial charge is 0.233 e. The van der Waals surface area contributed by atoms with E-state index in [1.54, 1.807) is 0 Å². The average Bonchev–Trinajstić information content (AvgIpc) is 3.20. The van der Waals surface area contributed by atoms with Crippen molar-refractivity contribution in [1.29, 1.82) is 0 Å². The number of nitrogens with one attached hydrogen (secondary N) is 1. The van der Waals surface area contributed by atoms with E-state index in [-0.39, 0.29) is 17.8 Å². The van der Waals surface area contributed by atoms with Crippen molar-refractivity contribution in [3.8, 4) is 0 Å². The van der Waals surface area contributed by atoms with E-state index in [2.05, 4.69) is 10.2 Å². The van der Waals surface area contributed by atoms with Crippen molar-refractivity contribution in [3.05, 3.63) is 34.9 Å². The first-order chi connectivity index (χ1) is 10.2. The Hall–Kier alpha value is -0.770. The molecule has 2 atom stereocenters. The van der Waals surface area contributed by atoms with E-state index in [9.17, 15) is 4.79 Å². The second kappa shape index (κ2) is 6.03. The molecule has 120 valence electrons. The minimum Gasteiger partial charge on any atom is -0.335 e. The van der Waals surface area contributed by atoms with Crippen LogP contribution in [-0.2, 0) is 10.2 Å². The topological polar surface area (TPSA) is 32.3 Å². The van der Waals surface area contributed by atoms with Crippen molar-refractivity contribution in [3.63, 3.8) is 0 Å². The van der Waals surface area contributed by atoms with Gasteiger partial charge in [0.05, 0.1) is 5.41 Å². The third-order valence-electron chi connectivity index (χ3n) is 5.44. The van der Waals surface area contributed by atoms with Gasteiger partial charge in [0.2, 0.25) is 5.91 Å². The van der Waals surface area contributed by atoms with Crippen molar-refractivity contribution in [1.82, 2.24) is 10.2 Å². The molecule has 1 aliphatic carbocycles. The Labute approximate surface area is 142 Å². The van der Waals surface area contributed by atoms with Gasteiger partial charge in [-0.15, -0.1) is 12.4 Å². The highest BCUT2D eigenvalue weighted by Crippen LogP contribution is 2.51. The summed E-state index contributed by atoms with van der Waals surface area (Å²) < 4.78 is 0. The standard InChI is InChI=1S/C17H21ClN2O.ClH/c18-13-3-1-12(2-4-13)17(8-9-17)16(21)20-14-5-6-15(20)11-19-10-7-14;/h1-4,14-15,19H,5-11H2;1H. The molecule has 1 saturated carbocycles. The highest BCUT2D eigenvalue weighted by Gasteiger charge is 2.55. The van der Waals surface area contributed by atoms with E-state index in [0.717, 1.165) is 49.4 Å². The number of carbonyl (C=O) groups excluding carboxylic acids is 1. The molecule has 1 aromatic carbocycles. The molecule has 3 nitrogen and oxygen atoms in total. The molecule has 1 N–H and O–H groups in total. The van der Waals surface area contributed by atoms with Gasteiger partial charge in [0.1, 0.15) is 0 Å². The summed E-state index contributed by atoms with van der Waals surface area (Å²) in [4.78, 5) is 15.5. The van der Waals surface area contributed by atoms with Gasteiger partial charge in [-0.1, -0.05) is 23.7 Å². The molecule has 2 aliphatic heterocycles. The fraction of sp³-hybridized carbons (Fsp3) is 0.588. The molecule has 5 heteroatoms. The van der Waals surface area contributed by atoms with E-state index < -0.39 is 0 Å². The number of halogens is 2. The first-order valence-corrected chi connectivity index (χ1v) is 8.38. The number of carbonyl (C=O) groups is 1. The van der Waals surface area contributed by atoms with Gasteiger partial charge in [-0.3, -0.25) is 4.79 Å². The first kappa shape index (κ1) is 16.1. The molecule has 0 spiro atoms. The predicted octanol–water partition coefficient (Wildman–Crippen LogP) is 3.15. The molecule has 2 saturated heterocycles. The van der Waals surface area contributed by atoms with Gasteiger partial charge >= 0.3 is 0 Å². The summed E-state index contributed by atoms with van der Waals surface area (Å²) in [5.41, 5.74) is 0.893. The van der Waals surface area contributed by atoms with Crippen LogP contribution in [0.3, 0.4) is 0 Å². The monoisotopic (exact) mass is 340 g/mol. The molecule has 2 unspecified atom stereocenters. The molecule has 3 aliphatic rings. The number of hydrogen-bond donors (Lipinski definition) is 1. The molecule has 4 rings (SSSR count). The van der Waals surface area contributed by atoms with Gasteiger partial charge in [0.15, 0.2) is 0 Å². The van der Waals surface area contributed by atoms with Crippen LogP contribution in [0.5, 0.6) is 0 Å². The Morgan fingerprint density at radius 3 is 2.50 bits per heavy atom. The number of nitrogens with zero attached hydrogens (tertiary/aromatic N) is 1. The summed E-state index contributed by atoms with van der Waals surface area (Å²) in [6.07, 6.45) is 5.39. The van der Waals surface area contributed by atoms with Gasteiger partial charge in [0, 0.05) is 23.7 Å². The van der Waals surface area contributed by atoms with Crippen LogP contribution >= 0.6 is 24.0 Å². The predicted molar refractivity (Wildman–Crippen MR) is 90.8 cm³/mol. The lowest BCUT2D eigenvalue weighted by Crippen LogP contribution is -2.47. The molecule has 2 bridgehead atoms. The minimum absolute atomic E-state index is 0. The molecule has 2 heterocycles. The maximum absolute atomic E-state index is 13.2. The summed E-state index contributed by atoms with van der Waals surface area (Å²) in [6, 6.07) is 8.72. The van der Waals surface area contributed by atoms with Crippen LogP contribution in [0.15, 0.2) is 24.3 Å². The number of benzene rings is 1. The highest BCUT2D eigenvalue weighted by molar-refractivity contribution is 6.30. The van der Waals surface area contributed by atoms with Gasteiger partial charge in [0.25, 0.3) is 0 Å². The van der Waals surface area contributed by atoms with Crippen LogP contribution < -0.4 is 5.32 Å². The lowest BCUT2D eigenvalue weighted by Gasteiger charge is -2.32. The van der Waals surface area contributed by atoms with Gasteiger partial charge in [-0.2, -0.15) is 0 Å². The first-order valence-electron chi connectivity index (χ1n) is 8.00. The second-order valence-electron chi connectivity index (χ2n) is 6.68. The zero-order chi connectivity index (χ0) is 14.4. The van der Waals surface area contributed by atoms with Gasteiger partial charge in [-0.25, -0.2) is 0 Å². The second-order valence-corrected chi connectivity index (χ2v) is 7.12. The maximum Gasteiger partial charge on any atom is 0.233 e. The lowest BCUT2D eigenvalue weighted by atomic mass is 9.93. The third-order valence-corrected chi connectivity index (χ3v) is 5.70. The van der Waals surface area contributed by atoms with Crippen molar-refractivity contribution in [2.24, 2.45) is 0 Å². The quantitative estimate of drug-likeness (QED) is 0.896. The molecule has 1 aromatic rings. The van der Waals surface area contributed by atoms with Crippen molar-refractivity contribution >= 4 is 29.9 Å². The van der Waals surface area contributed by atoms with Crippen LogP contribution in [0.25, 0.3) is 0 Å². The Balaban J connectivity index is 0.00000144. The van der Waals surface area contributed by atoms with Crippen LogP contribution in [0.1, 0.15) is 37.7 Å². The van der Waals surface area contributed by atoms with Crippen molar-refractivity contribution < 1.29 is 4.79 Å². The summed E-state index contributed by atoms with van der Waals surface area (Å²) in [5, 5.41) is 4.21. The number of amides is 1. The van der Waals surface area contributed by atoms with E-state index in [1.165, 1.54) is 6.42 Å². The van der Waals surface area contributed by atoms with Crippen LogP contribution in [0.4, 0.5) is 0 Å². The Morgan fingerprint density at radius 1 is 1.14 bits per heavy atom. The van der Waals surface area contributed by atoms with Gasteiger partial charge in [-0.05, 0) is 56.3 Å². The van der Waals surface area contributed by atoms with E-state index in [4.69, 9.17) is 11.6 Å². The van der Waals surface area contributed by atoms with Crippen molar-refractivity contribution in [2.45, 2.75) is 49.6 Å². The zero-order valence-corrected chi connectivity index (χ0v) is 14.1. The SMILES string of the molecule is Cl.O=C(N1C2CCNCC1CC2)C1(c2ccc(Cl)cc2)CC1. The number of hydrogen-bond acceptors (Lipinski definition) is 2. The Morgan fingerprint density at radius 2 is 1.82 bits per heavy atom. The summed E-state index contributed by atoms with van der Waals surface area (Å²) in [5.74, 6) is 0.362. The number of fused-ring (bicyclic) bond motifs is 2. The molecular weight excluding hydrogens is 319 g/mol. The van der Waals surface area contributed by atoms with Crippen molar-refractivity contribution in [2.75, 3.05) is 13.1 Å². The minimum atomic E-state index is -0.254. The molecule has 0 radical (unpaired) electrons.